The minimum absolute atomic E-state index is 0.975. The molecular formula is C19H15Br. The molecule has 20 heavy (non-hydrogen) atoms. The average molecular weight is 323 g/mol. The maximum atomic E-state index is 3.47. The highest BCUT2D eigenvalue weighted by atomic mass is 79.9. The molecular weight excluding hydrogens is 308 g/mol. The lowest BCUT2D eigenvalue weighted by molar-refractivity contribution is 1.19. The molecule has 0 unspecified atom stereocenters. The Morgan fingerprint density at radius 2 is 1.05 bits per heavy atom. The molecule has 0 spiro atoms. The molecule has 0 N–H and O–H groups in total. The molecule has 98 valence electrons. The van der Waals surface area contributed by atoms with Gasteiger partial charge in [0, 0.05) is 4.47 Å². The molecule has 1 heteroatoms. The Morgan fingerprint density at radius 1 is 0.550 bits per heavy atom. The van der Waals surface area contributed by atoms with Gasteiger partial charge in [-0.05, 0) is 40.8 Å². The van der Waals surface area contributed by atoms with Crippen molar-refractivity contribution in [1.82, 2.24) is 0 Å². The van der Waals surface area contributed by atoms with Crippen LogP contribution in [0.5, 0.6) is 0 Å². The summed E-state index contributed by atoms with van der Waals surface area (Å²) in [5.41, 5.74) is 5.21. The van der Waals surface area contributed by atoms with Gasteiger partial charge in [0.1, 0.15) is 0 Å². The van der Waals surface area contributed by atoms with E-state index in [0.717, 1.165) is 10.9 Å². The van der Waals surface area contributed by atoms with E-state index in [1.807, 2.05) is 6.07 Å². The van der Waals surface area contributed by atoms with Crippen molar-refractivity contribution in [2.24, 2.45) is 0 Å². The second kappa shape index (κ2) is 6.06. The minimum Gasteiger partial charge on any atom is -0.0622 e. The molecule has 0 aromatic heterocycles. The molecule has 0 aliphatic heterocycles. The fraction of sp³-hybridized carbons (Fsp3) is 0.0526. The van der Waals surface area contributed by atoms with Gasteiger partial charge in [-0.1, -0.05) is 82.7 Å². The van der Waals surface area contributed by atoms with Crippen LogP contribution < -0.4 is 0 Å². The Labute approximate surface area is 128 Å². The van der Waals surface area contributed by atoms with Gasteiger partial charge in [-0.3, -0.25) is 0 Å². The van der Waals surface area contributed by atoms with E-state index in [2.05, 4.69) is 88.7 Å². The molecule has 0 atom stereocenters. The fourth-order valence-corrected chi connectivity index (χ4v) is 2.55. The normalized spacial score (nSPS) is 10.4. The summed E-state index contributed by atoms with van der Waals surface area (Å²) >= 11 is 3.47. The Bertz CT molecular complexity index is 667. The predicted octanol–water partition coefficient (Wildman–Crippen LogP) is 5.71. The van der Waals surface area contributed by atoms with Crippen LogP contribution in [0.2, 0.25) is 0 Å². The summed E-state index contributed by atoms with van der Waals surface area (Å²) in [6, 6.07) is 27.8. The highest BCUT2D eigenvalue weighted by molar-refractivity contribution is 9.10. The monoisotopic (exact) mass is 322 g/mol. The molecule has 3 aromatic rings. The van der Waals surface area contributed by atoms with E-state index in [4.69, 9.17) is 0 Å². The Hall–Kier alpha value is -1.86. The third-order valence-corrected chi connectivity index (χ3v) is 3.91. The first-order valence-electron chi connectivity index (χ1n) is 6.70. The molecule has 0 saturated carbocycles. The van der Waals surface area contributed by atoms with Gasteiger partial charge in [0.15, 0.2) is 0 Å². The highest BCUT2D eigenvalue weighted by Gasteiger charge is 1.99. The summed E-state index contributed by atoms with van der Waals surface area (Å²) in [5.74, 6) is 0. The first kappa shape index (κ1) is 13.1. The van der Waals surface area contributed by atoms with Crippen LogP contribution in [0.25, 0.3) is 11.1 Å². The Balaban J connectivity index is 1.78. The van der Waals surface area contributed by atoms with Gasteiger partial charge in [0.2, 0.25) is 0 Å². The second-order valence-electron chi connectivity index (χ2n) is 4.87. The average Bonchev–Trinajstić information content (AvgIpc) is 2.51. The van der Waals surface area contributed by atoms with Gasteiger partial charge in [-0.25, -0.2) is 0 Å². The molecule has 0 heterocycles. The van der Waals surface area contributed by atoms with Crippen molar-refractivity contribution in [3.63, 3.8) is 0 Å². The quantitative estimate of drug-likeness (QED) is 0.579. The van der Waals surface area contributed by atoms with Crippen molar-refractivity contribution < 1.29 is 0 Å². The lowest BCUT2D eigenvalue weighted by atomic mass is 10.0. The van der Waals surface area contributed by atoms with Crippen molar-refractivity contribution in [3.05, 3.63) is 94.5 Å². The van der Waals surface area contributed by atoms with Crippen LogP contribution >= 0.6 is 15.9 Å². The number of benzene rings is 3. The summed E-state index contributed by atoms with van der Waals surface area (Å²) in [7, 11) is 0. The summed E-state index contributed by atoms with van der Waals surface area (Å²) in [4.78, 5) is 0. The van der Waals surface area contributed by atoms with E-state index in [-0.39, 0.29) is 0 Å². The Morgan fingerprint density at radius 3 is 1.65 bits per heavy atom. The standard InChI is InChI=1S/C19H15Br/c20-19-12-8-16(9-13-19)14-15-6-10-18(11-7-15)17-4-2-1-3-5-17/h1-13H,14H2. The van der Waals surface area contributed by atoms with E-state index >= 15 is 0 Å². The summed E-state index contributed by atoms with van der Waals surface area (Å²) in [6.07, 6.45) is 0.975. The molecule has 0 saturated heterocycles. The predicted molar refractivity (Wildman–Crippen MR) is 88.8 cm³/mol. The van der Waals surface area contributed by atoms with Gasteiger partial charge < -0.3 is 0 Å². The van der Waals surface area contributed by atoms with Crippen LogP contribution in [0.1, 0.15) is 11.1 Å². The third kappa shape index (κ3) is 3.17. The lowest BCUT2D eigenvalue weighted by Crippen LogP contribution is -1.88. The lowest BCUT2D eigenvalue weighted by Gasteiger charge is -2.05. The van der Waals surface area contributed by atoms with Crippen molar-refractivity contribution in [3.8, 4) is 11.1 Å². The maximum Gasteiger partial charge on any atom is 0.0175 e. The minimum atomic E-state index is 0.975. The number of hydrogen-bond acceptors (Lipinski definition) is 0. The van der Waals surface area contributed by atoms with E-state index in [1.165, 1.54) is 22.3 Å². The van der Waals surface area contributed by atoms with E-state index in [0.29, 0.717) is 0 Å². The van der Waals surface area contributed by atoms with Gasteiger partial charge in [-0.2, -0.15) is 0 Å². The molecule has 0 fully saturated rings. The molecule has 0 bridgehead atoms. The third-order valence-electron chi connectivity index (χ3n) is 3.38. The second-order valence-corrected chi connectivity index (χ2v) is 5.78. The van der Waals surface area contributed by atoms with Gasteiger partial charge in [0.05, 0.1) is 0 Å². The van der Waals surface area contributed by atoms with Crippen LogP contribution in [0.3, 0.4) is 0 Å². The SMILES string of the molecule is Brc1ccc(Cc2ccc(-c3ccccc3)cc2)cc1. The topological polar surface area (TPSA) is 0 Å². The highest BCUT2D eigenvalue weighted by Crippen LogP contribution is 2.20. The molecule has 0 aliphatic rings. The largest absolute Gasteiger partial charge is 0.0622 e. The summed E-state index contributed by atoms with van der Waals surface area (Å²) in [6.45, 7) is 0. The van der Waals surface area contributed by atoms with Crippen molar-refractivity contribution in [2.45, 2.75) is 6.42 Å². The van der Waals surface area contributed by atoms with E-state index in [1.54, 1.807) is 0 Å². The zero-order valence-corrected chi connectivity index (χ0v) is 12.7. The zero-order valence-electron chi connectivity index (χ0n) is 11.1. The van der Waals surface area contributed by atoms with Crippen molar-refractivity contribution in [2.75, 3.05) is 0 Å². The van der Waals surface area contributed by atoms with E-state index < -0.39 is 0 Å². The first-order chi connectivity index (χ1) is 9.81. The first-order valence-corrected chi connectivity index (χ1v) is 7.49. The number of hydrogen-bond donors (Lipinski definition) is 0. The van der Waals surface area contributed by atoms with Crippen molar-refractivity contribution in [1.29, 1.82) is 0 Å². The van der Waals surface area contributed by atoms with Crippen LogP contribution in [-0.2, 0) is 6.42 Å². The number of halogens is 1. The maximum absolute atomic E-state index is 3.47. The van der Waals surface area contributed by atoms with Crippen LogP contribution in [0.15, 0.2) is 83.3 Å². The molecule has 3 aromatic carbocycles. The molecule has 0 nitrogen and oxygen atoms in total. The van der Waals surface area contributed by atoms with Crippen molar-refractivity contribution >= 4 is 15.9 Å². The van der Waals surface area contributed by atoms with Crippen LogP contribution in [0, 0.1) is 0 Å². The number of rotatable bonds is 3. The smallest absolute Gasteiger partial charge is 0.0175 e. The molecule has 3 rings (SSSR count). The zero-order chi connectivity index (χ0) is 13.8. The summed E-state index contributed by atoms with van der Waals surface area (Å²) < 4.78 is 1.13. The fourth-order valence-electron chi connectivity index (χ4n) is 2.28. The Kier molecular flexibility index (Phi) is 3.98. The van der Waals surface area contributed by atoms with Gasteiger partial charge in [-0.15, -0.1) is 0 Å². The van der Waals surface area contributed by atoms with Gasteiger partial charge in [0.25, 0.3) is 0 Å². The molecule has 0 aliphatic carbocycles. The molecule has 0 radical (unpaired) electrons. The van der Waals surface area contributed by atoms with Crippen LogP contribution in [-0.4, -0.2) is 0 Å². The summed E-state index contributed by atoms with van der Waals surface area (Å²) in [5, 5.41) is 0. The van der Waals surface area contributed by atoms with Crippen LogP contribution in [0.4, 0.5) is 0 Å². The van der Waals surface area contributed by atoms with Gasteiger partial charge >= 0.3 is 0 Å². The van der Waals surface area contributed by atoms with E-state index in [9.17, 15) is 0 Å². The molecule has 0 amide bonds.